The third-order valence-electron chi connectivity index (χ3n) is 2.47. The van der Waals surface area contributed by atoms with E-state index >= 15 is 0 Å². The van der Waals surface area contributed by atoms with E-state index in [2.05, 4.69) is 4.98 Å². The number of hydrogen-bond donors (Lipinski definition) is 1. The fourth-order valence-corrected chi connectivity index (χ4v) is 1.60. The molecule has 0 amide bonds. The number of hydrogen-bond acceptors (Lipinski definition) is 2. The standard InChI is InChI=1S/C12H12N2O2/c1-8-3-5-10(6-4-8)14-7-13-9(2)11(14)12(15)16/h3-7H,1-2H3,(H,15,16). The molecular formula is C12H12N2O2. The van der Waals surface area contributed by atoms with E-state index in [0.29, 0.717) is 5.69 Å². The Morgan fingerprint density at radius 1 is 1.25 bits per heavy atom. The Kier molecular flexibility index (Phi) is 2.48. The molecule has 4 nitrogen and oxygen atoms in total. The molecule has 0 unspecified atom stereocenters. The van der Waals surface area contributed by atoms with Crippen LogP contribution in [-0.4, -0.2) is 20.6 Å². The average molecular weight is 216 g/mol. The van der Waals surface area contributed by atoms with Gasteiger partial charge in [-0.15, -0.1) is 0 Å². The van der Waals surface area contributed by atoms with Gasteiger partial charge in [0.1, 0.15) is 6.33 Å². The molecule has 0 aliphatic carbocycles. The van der Waals surface area contributed by atoms with Gasteiger partial charge < -0.3 is 5.11 Å². The molecule has 1 aromatic carbocycles. The number of aryl methyl sites for hydroxylation is 2. The van der Waals surface area contributed by atoms with Crippen molar-refractivity contribution < 1.29 is 9.90 Å². The summed E-state index contributed by atoms with van der Waals surface area (Å²) in [7, 11) is 0. The SMILES string of the molecule is Cc1ccc(-n2cnc(C)c2C(=O)O)cc1. The Labute approximate surface area is 93.2 Å². The van der Waals surface area contributed by atoms with E-state index in [-0.39, 0.29) is 5.69 Å². The van der Waals surface area contributed by atoms with Crippen LogP contribution in [0.15, 0.2) is 30.6 Å². The zero-order chi connectivity index (χ0) is 11.7. The summed E-state index contributed by atoms with van der Waals surface area (Å²) in [6, 6.07) is 7.64. The molecule has 0 radical (unpaired) electrons. The second-order valence-electron chi connectivity index (χ2n) is 3.69. The normalized spacial score (nSPS) is 10.4. The van der Waals surface area contributed by atoms with Crippen LogP contribution in [0.3, 0.4) is 0 Å². The van der Waals surface area contributed by atoms with Gasteiger partial charge in [0.05, 0.1) is 5.69 Å². The monoisotopic (exact) mass is 216 g/mol. The van der Waals surface area contributed by atoms with Crippen molar-refractivity contribution >= 4 is 5.97 Å². The van der Waals surface area contributed by atoms with Gasteiger partial charge in [-0.1, -0.05) is 17.7 Å². The molecule has 0 bridgehead atoms. The van der Waals surface area contributed by atoms with Crippen molar-refractivity contribution in [2.24, 2.45) is 0 Å². The molecular weight excluding hydrogens is 204 g/mol. The molecule has 2 aromatic rings. The second-order valence-corrected chi connectivity index (χ2v) is 3.69. The number of benzene rings is 1. The van der Waals surface area contributed by atoms with E-state index in [0.717, 1.165) is 11.3 Å². The number of aromatic carboxylic acids is 1. The molecule has 0 fully saturated rings. The van der Waals surface area contributed by atoms with Gasteiger partial charge in [-0.3, -0.25) is 4.57 Å². The average Bonchev–Trinajstić information content (AvgIpc) is 2.61. The summed E-state index contributed by atoms with van der Waals surface area (Å²) in [6.45, 7) is 3.68. The van der Waals surface area contributed by atoms with Crippen LogP contribution in [0, 0.1) is 13.8 Å². The molecule has 1 N–H and O–H groups in total. The van der Waals surface area contributed by atoms with Gasteiger partial charge in [0.15, 0.2) is 5.69 Å². The quantitative estimate of drug-likeness (QED) is 0.837. The lowest BCUT2D eigenvalue weighted by atomic mass is 10.2. The summed E-state index contributed by atoms with van der Waals surface area (Å²) >= 11 is 0. The van der Waals surface area contributed by atoms with E-state index in [1.54, 1.807) is 11.5 Å². The molecule has 2 rings (SSSR count). The van der Waals surface area contributed by atoms with Crippen LogP contribution in [0.4, 0.5) is 0 Å². The van der Waals surface area contributed by atoms with E-state index in [1.165, 1.54) is 6.33 Å². The van der Waals surface area contributed by atoms with E-state index in [1.807, 2.05) is 31.2 Å². The van der Waals surface area contributed by atoms with Crippen LogP contribution in [0.1, 0.15) is 21.7 Å². The first kappa shape index (κ1) is 10.4. The Hall–Kier alpha value is -2.10. The van der Waals surface area contributed by atoms with Crippen LogP contribution in [-0.2, 0) is 0 Å². The van der Waals surface area contributed by atoms with Crippen LogP contribution < -0.4 is 0 Å². The number of carboxylic acids is 1. The fourth-order valence-electron chi connectivity index (χ4n) is 1.60. The molecule has 1 heterocycles. The highest BCUT2D eigenvalue weighted by Gasteiger charge is 2.15. The highest BCUT2D eigenvalue weighted by Crippen LogP contribution is 2.15. The number of nitrogens with zero attached hydrogens (tertiary/aromatic N) is 2. The zero-order valence-electron chi connectivity index (χ0n) is 9.14. The van der Waals surface area contributed by atoms with E-state index < -0.39 is 5.97 Å². The maximum Gasteiger partial charge on any atom is 0.354 e. The molecule has 0 atom stereocenters. The van der Waals surface area contributed by atoms with Crippen molar-refractivity contribution in [3.05, 3.63) is 47.5 Å². The molecule has 0 saturated carbocycles. The van der Waals surface area contributed by atoms with Crippen LogP contribution in [0.2, 0.25) is 0 Å². The van der Waals surface area contributed by atoms with Crippen molar-refractivity contribution in [3.8, 4) is 5.69 Å². The lowest BCUT2D eigenvalue weighted by Crippen LogP contribution is -2.07. The van der Waals surface area contributed by atoms with Crippen LogP contribution >= 0.6 is 0 Å². The Bertz CT molecular complexity index is 526. The summed E-state index contributed by atoms with van der Waals surface area (Å²) in [5.41, 5.74) is 2.68. The van der Waals surface area contributed by atoms with Crippen LogP contribution in [0.25, 0.3) is 5.69 Å². The lowest BCUT2D eigenvalue weighted by molar-refractivity contribution is 0.0687. The topological polar surface area (TPSA) is 55.1 Å². The first-order valence-corrected chi connectivity index (χ1v) is 4.94. The van der Waals surface area contributed by atoms with Gasteiger partial charge in [0.25, 0.3) is 0 Å². The van der Waals surface area contributed by atoms with Crippen LogP contribution in [0.5, 0.6) is 0 Å². The summed E-state index contributed by atoms with van der Waals surface area (Å²) in [5.74, 6) is -0.962. The first-order valence-electron chi connectivity index (χ1n) is 4.94. The van der Waals surface area contributed by atoms with E-state index in [4.69, 9.17) is 5.11 Å². The van der Waals surface area contributed by atoms with Crippen molar-refractivity contribution in [2.75, 3.05) is 0 Å². The number of imidazole rings is 1. The van der Waals surface area contributed by atoms with Gasteiger partial charge in [0, 0.05) is 5.69 Å². The minimum absolute atomic E-state index is 0.212. The van der Waals surface area contributed by atoms with E-state index in [9.17, 15) is 4.79 Å². The third kappa shape index (κ3) is 1.69. The van der Waals surface area contributed by atoms with Gasteiger partial charge in [-0.05, 0) is 26.0 Å². The zero-order valence-corrected chi connectivity index (χ0v) is 9.14. The molecule has 82 valence electrons. The van der Waals surface area contributed by atoms with Crippen molar-refractivity contribution in [3.63, 3.8) is 0 Å². The molecule has 4 heteroatoms. The van der Waals surface area contributed by atoms with Gasteiger partial charge in [-0.2, -0.15) is 0 Å². The summed E-state index contributed by atoms with van der Waals surface area (Å²) in [6.07, 6.45) is 1.53. The Morgan fingerprint density at radius 3 is 2.44 bits per heavy atom. The van der Waals surface area contributed by atoms with Crippen molar-refractivity contribution in [1.82, 2.24) is 9.55 Å². The third-order valence-corrected chi connectivity index (χ3v) is 2.47. The predicted molar refractivity (Wildman–Crippen MR) is 60.0 cm³/mol. The van der Waals surface area contributed by atoms with Crippen molar-refractivity contribution in [2.45, 2.75) is 13.8 Å². The summed E-state index contributed by atoms with van der Waals surface area (Å²) in [5, 5.41) is 9.09. The van der Waals surface area contributed by atoms with Gasteiger partial charge >= 0.3 is 5.97 Å². The lowest BCUT2D eigenvalue weighted by Gasteiger charge is -2.05. The number of rotatable bonds is 2. The Balaban J connectivity index is 2.56. The molecule has 16 heavy (non-hydrogen) atoms. The van der Waals surface area contributed by atoms with Gasteiger partial charge in [0.2, 0.25) is 0 Å². The smallest absolute Gasteiger partial charge is 0.354 e. The number of aromatic nitrogens is 2. The molecule has 1 aromatic heterocycles. The Morgan fingerprint density at radius 2 is 1.88 bits per heavy atom. The van der Waals surface area contributed by atoms with Crippen molar-refractivity contribution in [1.29, 1.82) is 0 Å². The minimum Gasteiger partial charge on any atom is -0.477 e. The highest BCUT2D eigenvalue weighted by molar-refractivity contribution is 5.87. The molecule has 0 saturated heterocycles. The molecule has 0 aliphatic rings. The summed E-state index contributed by atoms with van der Waals surface area (Å²) < 4.78 is 1.58. The fraction of sp³-hybridized carbons (Fsp3) is 0.167. The molecule has 0 spiro atoms. The number of carbonyl (C=O) groups is 1. The first-order chi connectivity index (χ1) is 7.59. The number of carboxylic acid groups (broad SMARTS) is 1. The largest absolute Gasteiger partial charge is 0.477 e. The minimum atomic E-state index is -0.962. The van der Waals surface area contributed by atoms with Gasteiger partial charge in [-0.25, -0.2) is 9.78 Å². The summed E-state index contributed by atoms with van der Waals surface area (Å²) in [4.78, 5) is 15.1. The predicted octanol–water partition coefficient (Wildman–Crippen LogP) is 2.19. The maximum absolute atomic E-state index is 11.1. The second kappa shape index (κ2) is 3.81. The maximum atomic E-state index is 11.1. The highest BCUT2D eigenvalue weighted by atomic mass is 16.4. The molecule has 0 aliphatic heterocycles.